The molecule has 2 aromatic carbocycles. The number of nitrogens with one attached hydrogen (secondary N) is 4. The summed E-state index contributed by atoms with van der Waals surface area (Å²) >= 11 is 0. The smallest absolute Gasteiger partial charge is 0.458 e. The number of likely N-dealkylation sites (N-methyl/N-ethyl adjacent to an activating group) is 2. The first-order chi connectivity index (χ1) is 35.3. The molecule has 2 aliphatic heterocycles. The number of halogens is 1. The highest BCUT2D eigenvalue weighted by atomic mass is 31.2. The number of fused-ring (bicyclic) bond motifs is 5. The molecule has 1 aliphatic carbocycles. The van der Waals surface area contributed by atoms with Gasteiger partial charge in [-0.25, -0.2) is 23.5 Å². The zero-order valence-corrected chi connectivity index (χ0v) is 43.8. The Labute approximate surface area is 430 Å². The minimum Gasteiger partial charge on any atom is -0.458 e. The molecule has 0 radical (unpaired) electrons. The van der Waals surface area contributed by atoms with Crippen molar-refractivity contribution in [2.45, 2.75) is 97.0 Å². The molecule has 24 nitrogen and oxygen atoms in total. The van der Waals surface area contributed by atoms with E-state index in [1.165, 1.54) is 24.5 Å². The lowest BCUT2D eigenvalue weighted by Gasteiger charge is -2.31. The summed E-state index contributed by atoms with van der Waals surface area (Å²) in [5.74, 6) is -3.32. The van der Waals surface area contributed by atoms with Gasteiger partial charge in [-0.05, 0) is 98.6 Å². The number of phosphoric ester groups is 1. The number of rotatable bonds is 21. The van der Waals surface area contributed by atoms with Crippen LogP contribution in [0.15, 0.2) is 40.2 Å². The van der Waals surface area contributed by atoms with E-state index in [-0.39, 0.29) is 63.6 Å². The van der Waals surface area contributed by atoms with Crippen molar-refractivity contribution in [1.82, 2.24) is 30.4 Å². The molecule has 0 saturated carbocycles. The number of benzene rings is 2. The number of azide groups is 1. The molecule has 1 unspecified atom stereocenters. The number of anilines is 1. The largest absolute Gasteiger partial charge is 0.472 e. The fraction of sp³-hybridized carbons (Fsp3) is 0.490. The standard InChI is InChI=1S/C49H61FN11O13P/c1-9-49(68)35-19-39-43-33(23-60(39)46(65)34(35)25-71-47(49)66)42-37(13-12-32-26(2)36(50)20-38(56-43)41(32)42)57-48(67)72-24-29-10-11-31(55-45(64)28(4)54-44(63)27(3)53-40(62)21-52-58-51)18-30(29)22-59(5)14-16-73-75(69,70)74-17-15-61(6,7)8/h10-11,18-20,27-28,37,68H,9,12-17,21-25H2,1-8H3,(H4-,53,54,55,57,62,63,64,67,69,70)/p+1/t27-,28-,37-,49-/m0/s1. The summed E-state index contributed by atoms with van der Waals surface area (Å²) in [4.78, 5) is 98.5. The molecule has 4 amide bonds. The highest BCUT2D eigenvalue weighted by Crippen LogP contribution is 2.46. The topological polar surface area (TPSA) is 315 Å². The first-order valence-electron chi connectivity index (χ1n) is 24.2. The maximum atomic E-state index is 15.5. The third-order valence-electron chi connectivity index (χ3n) is 13.5. The summed E-state index contributed by atoms with van der Waals surface area (Å²) in [6.45, 7) is 5.58. The number of pyridine rings is 2. The number of phosphoric acid groups is 1. The number of ether oxygens (including phenoxy) is 2. The van der Waals surface area contributed by atoms with Crippen molar-refractivity contribution in [2.24, 2.45) is 5.11 Å². The zero-order valence-electron chi connectivity index (χ0n) is 42.9. The lowest BCUT2D eigenvalue weighted by Crippen LogP contribution is -2.50. The Hall–Kier alpha value is -6.82. The summed E-state index contributed by atoms with van der Waals surface area (Å²) < 4.78 is 51.6. The number of carbonyl (C=O) groups excluding carboxylic acids is 5. The van der Waals surface area contributed by atoms with Crippen LogP contribution in [0.4, 0.5) is 14.9 Å². The number of hydrogen-bond donors (Lipinski definition) is 6. The van der Waals surface area contributed by atoms with E-state index in [0.717, 1.165) is 0 Å². The highest BCUT2D eigenvalue weighted by molar-refractivity contribution is 7.47. The maximum absolute atomic E-state index is 15.5. The maximum Gasteiger partial charge on any atom is 0.472 e. The number of quaternary nitrogens is 1. The number of aliphatic hydroxyl groups is 1. The number of esters is 1. The Morgan fingerprint density at radius 2 is 1.79 bits per heavy atom. The molecular formula is C49H62FN11O13P+. The van der Waals surface area contributed by atoms with Gasteiger partial charge in [0.1, 0.15) is 50.8 Å². The molecule has 6 N–H and O–H groups in total. The van der Waals surface area contributed by atoms with E-state index in [1.807, 2.05) is 21.1 Å². The summed E-state index contributed by atoms with van der Waals surface area (Å²) in [6.07, 6.45) is -0.164. The lowest BCUT2D eigenvalue weighted by atomic mass is 9.81. The second-order valence-electron chi connectivity index (χ2n) is 19.9. The van der Waals surface area contributed by atoms with Gasteiger partial charge in [-0.15, -0.1) is 0 Å². The minimum absolute atomic E-state index is 0.00937. The monoisotopic (exact) mass is 1060 g/mol. The van der Waals surface area contributed by atoms with Gasteiger partial charge < -0.3 is 49.8 Å². The summed E-state index contributed by atoms with van der Waals surface area (Å²) in [7, 11) is 3.07. The average molecular weight is 1060 g/mol. The van der Waals surface area contributed by atoms with E-state index in [2.05, 4.69) is 31.3 Å². The SMILES string of the molecule is CC[C@@]1(O)C(=O)OCc2c1cc1n(c2=O)Cc2c-1nc1cc(F)c(C)c3c1c2[C@@H](NC(=O)OCc1ccc(NC(=O)[C@H](C)NC(=O)[C@H](C)NC(=O)CN=[N+]=[N-])cc1CN(C)CCOP(=O)(O)OCC[N+](C)(C)C)CC3. The number of hydrogen-bond acceptors (Lipinski definition) is 15. The van der Waals surface area contributed by atoms with Crippen molar-refractivity contribution in [3.05, 3.63) is 101 Å². The van der Waals surface area contributed by atoms with Crippen LogP contribution in [0.5, 0.6) is 0 Å². The summed E-state index contributed by atoms with van der Waals surface area (Å²) in [6, 6.07) is 4.88. The first-order valence-corrected chi connectivity index (χ1v) is 25.7. The van der Waals surface area contributed by atoms with Gasteiger partial charge in [0, 0.05) is 46.3 Å². The quantitative estimate of drug-likeness (QED) is 0.0151. The van der Waals surface area contributed by atoms with Gasteiger partial charge in [0.2, 0.25) is 17.7 Å². The Balaban J connectivity index is 1.11. The Kier molecular flexibility index (Phi) is 16.8. The third kappa shape index (κ3) is 12.5. The number of cyclic esters (lactones) is 1. The molecule has 75 heavy (non-hydrogen) atoms. The summed E-state index contributed by atoms with van der Waals surface area (Å²) in [5.41, 5.74) is 10.9. The molecule has 402 valence electrons. The minimum atomic E-state index is -4.37. The van der Waals surface area contributed by atoms with Crippen LogP contribution in [0.25, 0.3) is 32.7 Å². The Morgan fingerprint density at radius 1 is 1.07 bits per heavy atom. The number of aryl methyl sites for hydroxylation is 1. The normalized spacial score (nSPS) is 18.1. The number of alkyl carbamates (subject to hydrolysis) is 1. The van der Waals surface area contributed by atoms with Gasteiger partial charge in [0.05, 0.1) is 62.8 Å². The van der Waals surface area contributed by atoms with Crippen molar-refractivity contribution in [1.29, 1.82) is 0 Å². The van der Waals surface area contributed by atoms with Crippen molar-refractivity contribution in [2.75, 3.05) is 66.4 Å². The Morgan fingerprint density at radius 3 is 2.49 bits per heavy atom. The van der Waals surface area contributed by atoms with Crippen LogP contribution in [-0.2, 0) is 80.6 Å². The van der Waals surface area contributed by atoms with E-state index in [9.17, 15) is 43.3 Å². The van der Waals surface area contributed by atoms with Crippen LogP contribution in [-0.4, -0.2) is 132 Å². The fourth-order valence-electron chi connectivity index (χ4n) is 9.27. The average Bonchev–Trinajstić information content (AvgIpc) is 3.71. The van der Waals surface area contributed by atoms with E-state index >= 15 is 4.39 Å². The zero-order chi connectivity index (χ0) is 54.7. The molecular weight excluding hydrogens is 1000 g/mol. The summed E-state index contributed by atoms with van der Waals surface area (Å²) in [5, 5.41) is 25.9. The predicted molar refractivity (Wildman–Crippen MR) is 269 cm³/mol. The molecule has 5 atom stereocenters. The van der Waals surface area contributed by atoms with Crippen LogP contribution >= 0.6 is 7.82 Å². The molecule has 0 saturated heterocycles. The van der Waals surface area contributed by atoms with Crippen LogP contribution in [0.1, 0.15) is 84.2 Å². The van der Waals surface area contributed by atoms with Crippen LogP contribution in [0.2, 0.25) is 0 Å². The molecule has 26 heteroatoms. The molecule has 4 heterocycles. The van der Waals surface area contributed by atoms with E-state index < -0.39 is 79.3 Å². The van der Waals surface area contributed by atoms with Gasteiger partial charge in [-0.2, -0.15) is 0 Å². The second-order valence-corrected chi connectivity index (χ2v) is 21.3. The molecule has 0 bridgehead atoms. The number of nitrogens with zero attached hydrogens (tertiary/aromatic N) is 7. The van der Waals surface area contributed by atoms with Crippen molar-refractivity contribution in [3.63, 3.8) is 0 Å². The van der Waals surface area contributed by atoms with E-state index in [0.29, 0.717) is 85.2 Å². The van der Waals surface area contributed by atoms with Crippen LogP contribution in [0.3, 0.4) is 0 Å². The molecule has 4 aromatic rings. The van der Waals surface area contributed by atoms with E-state index in [4.69, 9.17) is 29.0 Å². The first kappa shape index (κ1) is 55.9. The fourth-order valence-corrected chi connectivity index (χ4v) is 9.97. The van der Waals surface area contributed by atoms with Gasteiger partial charge in [-0.1, -0.05) is 18.1 Å². The molecule has 0 fully saturated rings. The van der Waals surface area contributed by atoms with Crippen molar-refractivity contribution in [3.8, 4) is 11.4 Å². The number of amides is 4. The van der Waals surface area contributed by atoms with Gasteiger partial charge >= 0.3 is 19.9 Å². The number of aromatic nitrogens is 2. The molecule has 2 aromatic heterocycles. The number of carbonyl (C=O) groups is 5. The van der Waals surface area contributed by atoms with Crippen LogP contribution in [0, 0.1) is 12.7 Å². The Bertz CT molecular complexity index is 3120. The molecule has 7 rings (SSSR count). The van der Waals surface area contributed by atoms with Gasteiger partial charge in [0.25, 0.3) is 5.56 Å². The van der Waals surface area contributed by atoms with Crippen molar-refractivity contribution >= 4 is 54.2 Å². The van der Waals surface area contributed by atoms with Crippen molar-refractivity contribution < 1.29 is 65.9 Å². The third-order valence-corrected chi connectivity index (χ3v) is 14.5. The lowest BCUT2D eigenvalue weighted by molar-refractivity contribution is -0.870. The van der Waals surface area contributed by atoms with Gasteiger partial charge in [0.15, 0.2) is 5.60 Å². The van der Waals surface area contributed by atoms with Gasteiger partial charge in [-0.3, -0.25) is 33.1 Å². The second kappa shape index (κ2) is 22.6. The van der Waals surface area contributed by atoms with Crippen LogP contribution < -0.4 is 26.8 Å². The van der Waals surface area contributed by atoms with E-state index in [1.54, 1.807) is 50.1 Å². The predicted octanol–water partition coefficient (Wildman–Crippen LogP) is 3.97. The molecule has 3 aliphatic rings. The molecule has 0 spiro atoms. The highest BCUT2D eigenvalue weighted by Gasteiger charge is 2.46.